The van der Waals surface area contributed by atoms with E-state index in [9.17, 15) is 13.0 Å². The first-order valence-electron chi connectivity index (χ1n) is 10.5. The number of methoxy groups -OCH3 is 1. The summed E-state index contributed by atoms with van der Waals surface area (Å²) in [6.07, 6.45) is 4.60. The van der Waals surface area contributed by atoms with Crippen LogP contribution in [-0.2, 0) is 11.0 Å². The lowest BCUT2D eigenvalue weighted by molar-refractivity contribution is 0.416. The van der Waals surface area contributed by atoms with Gasteiger partial charge in [0.2, 0.25) is 0 Å². The van der Waals surface area contributed by atoms with Gasteiger partial charge in [-0.25, -0.2) is 23.0 Å². The lowest BCUT2D eigenvalue weighted by Gasteiger charge is -2.13. The number of nitrogens with zero attached hydrogens (tertiary/aromatic N) is 3. The summed E-state index contributed by atoms with van der Waals surface area (Å²) in [7, 11) is 0.00532. The molecule has 0 fully saturated rings. The monoisotopic (exact) mass is 488 g/mol. The molecule has 9 heteroatoms. The minimum Gasteiger partial charge on any atom is -0.496 e. The fraction of sp³-hybridized carbons (Fsp3) is 0.0385. The number of anilines is 1. The van der Waals surface area contributed by atoms with E-state index in [-0.39, 0.29) is 0 Å². The molecule has 35 heavy (non-hydrogen) atoms. The Hall–Kier alpha value is -4.24. The number of hydrogen-bond acceptors (Lipinski definition) is 5. The molecule has 1 unspecified atom stereocenters. The summed E-state index contributed by atoms with van der Waals surface area (Å²) in [4.78, 5) is 13.0. The number of ether oxygens (including phenoxy) is 1. The largest absolute Gasteiger partial charge is 0.496 e. The van der Waals surface area contributed by atoms with Crippen LogP contribution in [0.1, 0.15) is 0 Å². The molecule has 0 spiro atoms. The Balaban J connectivity index is 1.52. The van der Waals surface area contributed by atoms with Crippen molar-refractivity contribution in [3.8, 4) is 28.1 Å². The molecule has 6 nitrogen and oxygen atoms in total. The summed E-state index contributed by atoms with van der Waals surface area (Å²) in [5.74, 6) is -0.343. The molecule has 0 radical (unpaired) electrons. The van der Waals surface area contributed by atoms with Crippen molar-refractivity contribution in [1.82, 2.24) is 15.0 Å². The van der Waals surface area contributed by atoms with Crippen LogP contribution in [0.15, 0.2) is 90.3 Å². The van der Waals surface area contributed by atoms with E-state index in [1.807, 2.05) is 24.3 Å². The van der Waals surface area contributed by atoms with E-state index in [4.69, 9.17) is 4.74 Å². The Morgan fingerprint density at radius 1 is 0.857 bits per heavy atom. The van der Waals surface area contributed by atoms with E-state index >= 15 is 0 Å². The van der Waals surface area contributed by atoms with E-state index in [0.29, 0.717) is 38.8 Å². The highest BCUT2D eigenvalue weighted by Crippen LogP contribution is 2.37. The van der Waals surface area contributed by atoms with Gasteiger partial charge in [-0.05, 0) is 65.0 Å². The van der Waals surface area contributed by atoms with Crippen molar-refractivity contribution in [1.29, 1.82) is 0 Å². The Labute approximate surface area is 202 Å². The van der Waals surface area contributed by atoms with Crippen LogP contribution in [0.25, 0.3) is 33.2 Å². The van der Waals surface area contributed by atoms with Crippen molar-refractivity contribution in [2.75, 3.05) is 11.8 Å². The zero-order chi connectivity index (χ0) is 24.4. The van der Waals surface area contributed by atoms with Crippen LogP contribution < -0.4 is 9.46 Å². The van der Waals surface area contributed by atoms with Gasteiger partial charge in [-0.2, -0.15) is 0 Å². The number of nitrogens with one attached hydrogen (secondary N) is 1. The topological polar surface area (TPSA) is 77.0 Å². The molecule has 0 aliphatic rings. The molecule has 0 amide bonds. The first kappa shape index (κ1) is 22.5. The summed E-state index contributed by atoms with van der Waals surface area (Å²) < 4.78 is 48.7. The molecule has 0 saturated heterocycles. The Bertz CT molecular complexity index is 1540. The Morgan fingerprint density at radius 3 is 2.43 bits per heavy atom. The minimum absolute atomic E-state index is 0.404. The second-order valence-corrected chi connectivity index (χ2v) is 8.79. The van der Waals surface area contributed by atoms with Gasteiger partial charge in [-0.1, -0.05) is 12.1 Å². The number of aromatic nitrogens is 3. The summed E-state index contributed by atoms with van der Waals surface area (Å²) in [5, 5.41) is 1.67. The molecule has 2 aromatic heterocycles. The van der Waals surface area contributed by atoms with Crippen LogP contribution >= 0.6 is 0 Å². The van der Waals surface area contributed by atoms with Crippen molar-refractivity contribution in [2.24, 2.45) is 0 Å². The van der Waals surface area contributed by atoms with Gasteiger partial charge in [0.15, 0.2) is 11.0 Å². The molecule has 5 aromatic rings. The lowest BCUT2D eigenvalue weighted by atomic mass is 9.99. The van der Waals surface area contributed by atoms with Crippen LogP contribution in [0.3, 0.4) is 0 Å². The van der Waals surface area contributed by atoms with Crippen LogP contribution in [0.4, 0.5) is 14.6 Å². The number of hydrogen-bond donors (Lipinski definition) is 1. The highest BCUT2D eigenvalue weighted by Gasteiger charge is 2.15. The maximum absolute atomic E-state index is 13.7. The second-order valence-electron chi connectivity index (χ2n) is 7.58. The quantitative estimate of drug-likeness (QED) is 0.328. The molecular weight excluding hydrogens is 470 g/mol. The van der Waals surface area contributed by atoms with E-state index in [0.717, 1.165) is 16.8 Å². The molecular formula is C26H18F2N4O2S. The first-order chi connectivity index (χ1) is 17.0. The van der Waals surface area contributed by atoms with Gasteiger partial charge < -0.3 is 4.74 Å². The van der Waals surface area contributed by atoms with Crippen LogP contribution in [-0.4, -0.2) is 26.3 Å². The van der Waals surface area contributed by atoms with Gasteiger partial charge in [0.05, 0.1) is 17.7 Å². The van der Waals surface area contributed by atoms with Crippen LogP contribution in [0.5, 0.6) is 5.75 Å². The molecule has 2 heterocycles. The molecule has 0 aliphatic heterocycles. The molecule has 3 aromatic carbocycles. The summed E-state index contributed by atoms with van der Waals surface area (Å²) in [5.41, 5.74) is 2.39. The van der Waals surface area contributed by atoms with E-state index in [1.54, 1.807) is 36.7 Å². The van der Waals surface area contributed by atoms with Gasteiger partial charge in [-0.3, -0.25) is 9.71 Å². The van der Waals surface area contributed by atoms with Crippen molar-refractivity contribution in [3.63, 3.8) is 0 Å². The molecule has 0 saturated carbocycles. The predicted molar refractivity (Wildman–Crippen MR) is 131 cm³/mol. The highest BCUT2D eigenvalue weighted by atomic mass is 32.2. The van der Waals surface area contributed by atoms with Gasteiger partial charge in [-0.15, -0.1) is 0 Å². The van der Waals surface area contributed by atoms with Crippen LogP contribution in [0, 0.1) is 11.6 Å². The lowest BCUT2D eigenvalue weighted by Crippen LogP contribution is -2.06. The SMILES string of the molecule is COc1cc(-c2cc(F)cc(F)c2)ccc1-c1nccc2cc(S(=O)Nc3ccncn3)ccc12. The van der Waals surface area contributed by atoms with Crippen molar-refractivity contribution >= 4 is 27.6 Å². The van der Waals surface area contributed by atoms with E-state index < -0.39 is 22.6 Å². The third-order valence-corrected chi connectivity index (χ3v) is 6.46. The number of pyridine rings is 1. The van der Waals surface area contributed by atoms with Gasteiger partial charge >= 0.3 is 0 Å². The van der Waals surface area contributed by atoms with Crippen molar-refractivity contribution < 1.29 is 17.7 Å². The van der Waals surface area contributed by atoms with E-state index in [1.165, 1.54) is 25.6 Å². The second kappa shape index (κ2) is 9.55. The van der Waals surface area contributed by atoms with Crippen molar-refractivity contribution in [2.45, 2.75) is 4.90 Å². The standard InChI is InChI=1S/C26H18F2N4O2S/c1-34-24-13-16(18-10-19(27)14-20(28)11-18)2-4-23(24)26-22-5-3-21(12-17(22)6-9-30-26)35(33)32-25-7-8-29-15-31-25/h2-15H,1H3,(H,29,31,32). The Morgan fingerprint density at radius 2 is 1.69 bits per heavy atom. The molecule has 0 aliphatic carbocycles. The van der Waals surface area contributed by atoms with Gasteiger partial charge in [0.25, 0.3) is 0 Å². The summed E-state index contributed by atoms with van der Waals surface area (Å²) in [6.45, 7) is 0. The molecule has 1 N–H and O–H groups in total. The van der Waals surface area contributed by atoms with Gasteiger partial charge in [0.1, 0.15) is 29.5 Å². The average Bonchev–Trinajstić information content (AvgIpc) is 2.87. The Kier molecular flexibility index (Phi) is 6.15. The maximum Gasteiger partial charge on any atom is 0.151 e. The zero-order valence-corrected chi connectivity index (χ0v) is 19.2. The fourth-order valence-corrected chi connectivity index (χ4v) is 4.63. The first-order valence-corrected chi connectivity index (χ1v) is 11.6. The van der Waals surface area contributed by atoms with E-state index in [2.05, 4.69) is 19.7 Å². The molecule has 5 rings (SSSR count). The fourth-order valence-electron chi connectivity index (χ4n) is 3.78. The molecule has 1 atom stereocenters. The summed E-state index contributed by atoms with van der Waals surface area (Å²) >= 11 is 0. The molecule has 174 valence electrons. The third kappa shape index (κ3) is 4.71. The van der Waals surface area contributed by atoms with Gasteiger partial charge in [0, 0.05) is 29.4 Å². The zero-order valence-electron chi connectivity index (χ0n) is 18.4. The number of halogens is 2. The van der Waals surface area contributed by atoms with Crippen molar-refractivity contribution in [3.05, 3.63) is 97.1 Å². The summed E-state index contributed by atoms with van der Waals surface area (Å²) in [6, 6.07) is 17.6. The number of rotatable bonds is 6. The highest BCUT2D eigenvalue weighted by molar-refractivity contribution is 7.86. The average molecular weight is 489 g/mol. The van der Waals surface area contributed by atoms with Crippen LogP contribution in [0.2, 0.25) is 0 Å². The smallest absolute Gasteiger partial charge is 0.151 e. The number of benzene rings is 3. The number of fused-ring (bicyclic) bond motifs is 1. The third-order valence-electron chi connectivity index (χ3n) is 5.38. The predicted octanol–water partition coefficient (Wildman–Crippen LogP) is 5.78. The maximum atomic E-state index is 13.7. The molecule has 0 bridgehead atoms. The normalized spacial score (nSPS) is 11.9. The minimum atomic E-state index is -1.52.